The predicted molar refractivity (Wildman–Crippen MR) is 119 cm³/mol. The molecule has 4 rings (SSSR count). The standard InChI is InChI=1S/C21H22N4O5S2/c1-14-19(15(2)30-23-14)32(28,29)25-10-8-24(9-11-25)21(27)16-5-3-6-17(13-16)22-20(26)18-7-4-12-31-18/h3-7,12-13H,8-11H2,1-2H3,(H,22,26). The molecule has 0 spiro atoms. The summed E-state index contributed by atoms with van der Waals surface area (Å²) < 4.78 is 32.3. The number of carbonyl (C=O) groups excluding carboxylic acids is 2. The number of thiophene rings is 1. The van der Waals surface area contributed by atoms with E-state index in [0.29, 0.717) is 21.8 Å². The molecule has 2 amide bonds. The monoisotopic (exact) mass is 474 g/mol. The van der Waals surface area contributed by atoms with Crippen molar-refractivity contribution in [2.75, 3.05) is 31.5 Å². The topological polar surface area (TPSA) is 113 Å². The molecule has 0 unspecified atom stereocenters. The second-order valence-corrected chi connectivity index (χ2v) is 10.2. The van der Waals surface area contributed by atoms with E-state index in [2.05, 4.69) is 10.5 Å². The molecule has 3 heterocycles. The van der Waals surface area contributed by atoms with Crippen LogP contribution in [0.25, 0.3) is 0 Å². The summed E-state index contributed by atoms with van der Waals surface area (Å²) in [6.07, 6.45) is 0. The number of anilines is 1. The van der Waals surface area contributed by atoms with E-state index in [1.54, 1.807) is 55.1 Å². The molecule has 9 nitrogen and oxygen atoms in total. The van der Waals surface area contributed by atoms with Crippen molar-refractivity contribution in [3.8, 4) is 0 Å². The molecule has 1 aliphatic rings. The Bertz CT molecular complexity index is 1220. The van der Waals surface area contributed by atoms with Crippen LogP contribution >= 0.6 is 11.3 Å². The van der Waals surface area contributed by atoms with Gasteiger partial charge < -0.3 is 14.7 Å². The zero-order chi connectivity index (χ0) is 22.9. The quantitative estimate of drug-likeness (QED) is 0.608. The maximum atomic E-state index is 13.0. The molecule has 0 bridgehead atoms. The number of sulfonamides is 1. The molecule has 0 aliphatic carbocycles. The summed E-state index contributed by atoms with van der Waals surface area (Å²) in [5.41, 5.74) is 1.27. The third-order valence-corrected chi connectivity index (χ3v) is 8.22. The van der Waals surface area contributed by atoms with Gasteiger partial charge >= 0.3 is 0 Å². The third kappa shape index (κ3) is 4.31. The molecule has 2 aromatic heterocycles. The number of piperazine rings is 1. The lowest BCUT2D eigenvalue weighted by molar-refractivity contribution is 0.0697. The molecule has 1 aromatic carbocycles. The van der Waals surface area contributed by atoms with Crippen LogP contribution in [0.4, 0.5) is 5.69 Å². The minimum atomic E-state index is -3.74. The number of aryl methyl sites for hydroxylation is 2. The van der Waals surface area contributed by atoms with Crippen molar-refractivity contribution >= 4 is 38.9 Å². The molecular formula is C21H22N4O5S2. The minimum Gasteiger partial charge on any atom is -0.360 e. The van der Waals surface area contributed by atoms with Crippen LogP contribution in [0.1, 0.15) is 31.5 Å². The van der Waals surface area contributed by atoms with Gasteiger partial charge in [0.25, 0.3) is 11.8 Å². The zero-order valence-corrected chi connectivity index (χ0v) is 19.2. The van der Waals surface area contributed by atoms with Crippen LogP contribution in [0.15, 0.2) is 51.2 Å². The first-order valence-electron chi connectivity index (χ1n) is 9.94. The second-order valence-electron chi connectivity index (χ2n) is 7.36. The average molecular weight is 475 g/mol. The van der Waals surface area contributed by atoms with E-state index >= 15 is 0 Å². The summed E-state index contributed by atoms with van der Waals surface area (Å²) >= 11 is 1.34. The molecule has 0 atom stereocenters. The van der Waals surface area contributed by atoms with E-state index in [9.17, 15) is 18.0 Å². The number of aromatic nitrogens is 1. The summed E-state index contributed by atoms with van der Waals surface area (Å²) in [6.45, 7) is 4.02. The number of hydrogen-bond acceptors (Lipinski definition) is 7. The fourth-order valence-corrected chi connectivity index (χ4v) is 5.95. The summed E-state index contributed by atoms with van der Waals surface area (Å²) in [5, 5.41) is 8.34. The van der Waals surface area contributed by atoms with Crippen LogP contribution in [-0.4, -0.2) is 60.8 Å². The van der Waals surface area contributed by atoms with Crippen LogP contribution in [-0.2, 0) is 10.0 Å². The Kier molecular flexibility index (Phi) is 6.13. The van der Waals surface area contributed by atoms with Crippen molar-refractivity contribution in [2.24, 2.45) is 0 Å². The van der Waals surface area contributed by atoms with E-state index in [1.165, 1.54) is 15.6 Å². The third-order valence-electron chi connectivity index (χ3n) is 5.20. The van der Waals surface area contributed by atoms with Gasteiger partial charge in [0.05, 0.1) is 4.88 Å². The molecule has 32 heavy (non-hydrogen) atoms. The first-order valence-corrected chi connectivity index (χ1v) is 12.3. The van der Waals surface area contributed by atoms with Gasteiger partial charge in [-0.1, -0.05) is 17.3 Å². The normalized spacial score (nSPS) is 15.0. The van der Waals surface area contributed by atoms with Gasteiger partial charge in [-0.05, 0) is 43.5 Å². The lowest BCUT2D eigenvalue weighted by atomic mass is 10.1. The van der Waals surface area contributed by atoms with Crippen molar-refractivity contribution in [3.63, 3.8) is 0 Å². The van der Waals surface area contributed by atoms with Gasteiger partial charge in [-0.3, -0.25) is 9.59 Å². The van der Waals surface area contributed by atoms with Gasteiger partial charge in [0.1, 0.15) is 10.6 Å². The van der Waals surface area contributed by atoms with Crippen LogP contribution in [0.5, 0.6) is 0 Å². The lowest BCUT2D eigenvalue weighted by Crippen LogP contribution is -2.50. The van der Waals surface area contributed by atoms with Crippen molar-refractivity contribution in [1.29, 1.82) is 0 Å². The molecule has 3 aromatic rings. The first-order chi connectivity index (χ1) is 15.3. The Morgan fingerprint density at radius 2 is 1.84 bits per heavy atom. The summed E-state index contributed by atoms with van der Waals surface area (Å²) in [4.78, 5) is 27.5. The lowest BCUT2D eigenvalue weighted by Gasteiger charge is -2.34. The van der Waals surface area contributed by atoms with Gasteiger partial charge in [-0.2, -0.15) is 4.31 Å². The molecular weight excluding hydrogens is 452 g/mol. The number of amides is 2. The highest BCUT2D eigenvalue weighted by Gasteiger charge is 2.34. The van der Waals surface area contributed by atoms with E-state index in [-0.39, 0.29) is 48.6 Å². The largest absolute Gasteiger partial charge is 0.360 e. The Morgan fingerprint density at radius 1 is 1.09 bits per heavy atom. The van der Waals surface area contributed by atoms with Crippen LogP contribution in [0.2, 0.25) is 0 Å². The Labute approximate surface area is 189 Å². The fraction of sp³-hybridized carbons (Fsp3) is 0.286. The minimum absolute atomic E-state index is 0.0893. The van der Waals surface area contributed by atoms with Crippen molar-refractivity contribution in [3.05, 3.63) is 63.7 Å². The van der Waals surface area contributed by atoms with Gasteiger partial charge in [-0.25, -0.2) is 8.42 Å². The summed E-state index contributed by atoms with van der Waals surface area (Å²) in [7, 11) is -3.74. The molecule has 0 radical (unpaired) electrons. The van der Waals surface area contributed by atoms with Crippen LogP contribution in [0.3, 0.4) is 0 Å². The van der Waals surface area contributed by atoms with Gasteiger partial charge in [-0.15, -0.1) is 11.3 Å². The van der Waals surface area contributed by atoms with Gasteiger partial charge in [0.15, 0.2) is 5.76 Å². The average Bonchev–Trinajstić information content (AvgIpc) is 3.44. The van der Waals surface area contributed by atoms with Crippen molar-refractivity contribution < 1.29 is 22.5 Å². The Balaban J connectivity index is 1.42. The Morgan fingerprint density at radius 3 is 2.47 bits per heavy atom. The number of hydrogen-bond donors (Lipinski definition) is 1. The number of rotatable bonds is 5. The molecule has 11 heteroatoms. The van der Waals surface area contributed by atoms with E-state index in [0.717, 1.165) is 0 Å². The van der Waals surface area contributed by atoms with Crippen molar-refractivity contribution in [1.82, 2.24) is 14.4 Å². The molecule has 1 N–H and O–H groups in total. The second kappa shape index (κ2) is 8.85. The SMILES string of the molecule is Cc1noc(C)c1S(=O)(=O)N1CCN(C(=O)c2cccc(NC(=O)c3cccs3)c2)CC1. The van der Waals surface area contributed by atoms with E-state index < -0.39 is 10.0 Å². The maximum Gasteiger partial charge on any atom is 0.265 e. The number of carbonyl (C=O) groups is 2. The number of nitrogens with zero attached hydrogens (tertiary/aromatic N) is 3. The highest BCUT2D eigenvalue weighted by Crippen LogP contribution is 2.25. The summed E-state index contributed by atoms with van der Waals surface area (Å²) in [6, 6.07) is 10.2. The molecule has 1 fully saturated rings. The van der Waals surface area contributed by atoms with E-state index in [4.69, 9.17) is 4.52 Å². The van der Waals surface area contributed by atoms with E-state index in [1.807, 2.05) is 5.38 Å². The fourth-order valence-electron chi connectivity index (χ4n) is 3.62. The highest BCUT2D eigenvalue weighted by molar-refractivity contribution is 7.89. The molecule has 1 saturated heterocycles. The van der Waals surface area contributed by atoms with Crippen LogP contribution in [0, 0.1) is 13.8 Å². The predicted octanol–water partition coefficient (Wildman–Crippen LogP) is 2.75. The molecule has 168 valence electrons. The van der Waals surface area contributed by atoms with Gasteiger partial charge in [0, 0.05) is 37.4 Å². The maximum absolute atomic E-state index is 13.0. The smallest absolute Gasteiger partial charge is 0.265 e. The zero-order valence-electron chi connectivity index (χ0n) is 17.6. The molecule has 0 saturated carbocycles. The number of benzene rings is 1. The van der Waals surface area contributed by atoms with Crippen LogP contribution < -0.4 is 5.32 Å². The van der Waals surface area contributed by atoms with Gasteiger partial charge in [0.2, 0.25) is 10.0 Å². The molecule has 1 aliphatic heterocycles. The Hall–Kier alpha value is -3.02. The summed E-state index contributed by atoms with van der Waals surface area (Å²) in [5.74, 6) is -0.197. The first kappa shape index (κ1) is 22.2. The van der Waals surface area contributed by atoms with Crippen molar-refractivity contribution in [2.45, 2.75) is 18.7 Å². The number of nitrogens with one attached hydrogen (secondary N) is 1. The highest BCUT2D eigenvalue weighted by atomic mass is 32.2.